The molecule has 6 heteroatoms. The molecular weight excluding hydrogens is 201 g/mol. The van der Waals surface area contributed by atoms with Gasteiger partial charge in [-0.1, -0.05) is 5.21 Å². The maximum absolute atomic E-state index is 12.6. The first-order chi connectivity index (χ1) is 7.16. The number of aromatic carboxylic acids is 1. The zero-order valence-electron chi connectivity index (χ0n) is 7.46. The van der Waals surface area contributed by atoms with Crippen LogP contribution in [0.2, 0.25) is 0 Å². The van der Waals surface area contributed by atoms with Gasteiger partial charge in [0.05, 0.1) is 11.9 Å². The molecule has 2 rings (SSSR count). The monoisotopic (exact) mass is 207 g/mol. The minimum absolute atomic E-state index is 0.153. The van der Waals surface area contributed by atoms with E-state index >= 15 is 0 Å². The van der Waals surface area contributed by atoms with Crippen molar-refractivity contribution in [3.63, 3.8) is 0 Å². The van der Waals surface area contributed by atoms with Crippen LogP contribution in [0.5, 0.6) is 0 Å². The van der Waals surface area contributed by atoms with Gasteiger partial charge in [0, 0.05) is 0 Å². The van der Waals surface area contributed by atoms with Crippen molar-refractivity contribution in [2.24, 2.45) is 0 Å². The molecule has 76 valence electrons. The Balaban J connectivity index is 2.37. The molecule has 1 aromatic heterocycles. The Hall–Kier alpha value is -2.24. The molecule has 0 aliphatic heterocycles. The topological polar surface area (TPSA) is 68.0 Å². The average molecular weight is 207 g/mol. The third-order valence-corrected chi connectivity index (χ3v) is 1.80. The maximum Gasteiger partial charge on any atom is 0.358 e. The third kappa shape index (κ3) is 1.83. The molecule has 0 aliphatic carbocycles. The van der Waals surface area contributed by atoms with Crippen molar-refractivity contribution in [1.82, 2.24) is 15.0 Å². The highest BCUT2D eigenvalue weighted by molar-refractivity contribution is 5.84. The van der Waals surface area contributed by atoms with Crippen LogP contribution >= 0.6 is 0 Å². The lowest BCUT2D eigenvalue weighted by Crippen LogP contribution is -1.96. The molecule has 0 radical (unpaired) electrons. The van der Waals surface area contributed by atoms with Crippen LogP contribution in [0.25, 0.3) is 5.69 Å². The molecule has 0 bridgehead atoms. The molecule has 0 saturated carbocycles. The van der Waals surface area contributed by atoms with Crippen LogP contribution in [0, 0.1) is 5.82 Å². The number of carboxylic acid groups (broad SMARTS) is 1. The molecule has 0 spiro atoms. The van der Waals surface area contributed by atoms with Crippen molar-refractivity contribution in [1.29, 1.82) is 0 Å². The minimum atomic E-state index is -1.15. The minimum Gasteiger partial charge on any atom is -0.476 e. The molecule has 0 unspecified atom stereocenters. The second-order valence-electron chi connectivity index (χ2n) is 2.83. The summed E-state index contributed by atoms with van der Waals surface area (Å²) in [7, 11) is 0. The van der Waals surface area contributed by atoms with E-state index in [0.29, 0.717) is 5.69 Å². The average Bonchev–Trinajstić information content (AvgIpc) is 2.68. The van der Waals surface area contributed by atoms with E-state index in [-0.39, 0.29) is 11.5 Å². The summed E-state index contributed by atoms with van der Waals surface area (Å²) in [6.45, 7) is 0. The zero-order chi connectivity index (χ0) is 10.8. The molecule has 1 heterocycles. The third-order valence-electron chi connectivity index (χ3n) is 1.80. The summed E-state index contributed by atoms with van der Waals surface area (Å²) in [4.78, 5) is 10.5. The van der Waals surface area contributed by atoms with Crippen molar-refractivity contribution in [2.45, 2.75) is 0 Å². The predicted molar refractivity (Wildman–Crippen MR) is 48.3 cm³/mol. The van der Waals surface area contributed by atoms with E-state index < -0.39 is 5.97 Å². The normalized spacial score (nSPS) is 10.2. The zero-order valence-corrected chi connectivity index (χ0v) is 7.46. The molecule has 1 aromatic carbocycles. The molecule has 0 atom stereocenters. The summed E-state index contributed by atoms with van der Waals surface area (Å²) in [5, 5.41) is 15.6. The highest BCUT2D eigenvalue weighted by atomic mass is 19.1. The number of halogens is 1. The number of nitrogens with zero attached hydrogens (tertiary/aromatic N) is 3. The van der Waals surface area contributed by atoms with Crippen molar-refractivity contribution in [3.8, 4) is 5.69 Å². The van der Waals surface area contributed by atoms with Crippen LogP contribution in [0.3, 0.4) is 0 Å². The molecule has 0 fully saturated rings. The summed E-state index contributed by atoms with van der Waals surface area (Å²) >= 11 is 0. The van der Waals surface area contributed by atoms with Crippen molar-refractivity contribution in [2.75, 3.05) is 0 Å². The Morgan fingerprint density at radius 1 is 1.33 bits per heavy atom. The number of aromatic nitrogens is 3. The first kappa shape index (κ1) is 9.32. The van der Waals surface area contributed by atoms with Gasteiger partial charge in [0.25, 0.3) is 0 Å². The van der Waals surface area contributed by atoms with E-state index in [2.05, 4.69) is 10.3 Å². The number of carbonyl (C=O) groups is 1. The lowest BCUT2D eigenvalue weighted by atomic mass is 10.3. The second kappa shape index (κ2) is 3.49. The Kier molecular flexibility index (Phi) is 2.17. The molecule has 5 nitrogen and oxygen atoms in total. The number of benzene rings is 1. The van der Waals surface area contributed by atoms with Gasteiger partial charge in [-0.3, -0.25) is 0 Å². The fraction of sp³-hybridized carbons (Fsp3) is 0. The van der Waals surface area contributed by atoms with Gasteiger partial charge in [0.15, 0.2) is 5.69 Å². The highest BCUT2D eigenvalue weighted by Gasteiger charge is 2.08. The summed E-state index contributed by atoms with van der Waals surface area (Å²) in [5.74, 6) is -1.51. The van der Waals surface area contributed by atoms with Gasteiger partial charge in [-0.2, -0.15) is 0 Å². The largest absolute Gasteiger partial charge is 0.476 e. The van der Waals surface area contributed by atoms with E-state index in [1.54, 1.807) is 0 Å². The maximum atomic E-state index is 12.6. The van der Waals surface area contributed by atoms with E-state index in [4.69, 9.17) is 5.11 Å². The van der Waals surface area contributed by atoms with Crippen LogP contribution < -0.4 is 0 Å². The van der Waals surface area contributed by atoms with Gasteiger partial charge in [-0.25, -0.2) is 13.9 Å². The van der Waals surface area contributed by atoms with Gasteiger partial charge in [-0.05, 0) is 24.3 Å². The molecule has 1 N–H and O–H groups in total. The molecule has 2 aromatic rings. The van der Waals surface area contributed by atoms with Crippen molar-refractivity contribution >= 4 is 5.97 Å². The molecule has 15 heavy (non-hydrogen) atoms. The van der Waals surface area contributed by atoms with E-state index in [0.717, 1.165) is 0 Å². The van der Waals surface area contributed by atoms with Gasteiger partial charge >= 0.3 is 5.97 Å². The molecule has 0 amide bonds. The number of rotatable bonds is 2. The summed E-state index contributed by atoms with van der Waals surface area (Å²) in [5.41, 5.74) is 0.399. The molecule has 0 saturated heterocycles. The Morgan fingerprint density at radius 3 is 2.53 bits per heavy atom. The van der Waals surface area contributed by atoms with Crippen molar-refractivity contribution in [3.05, 3.63) is 42.0 Å². The summed E-state index contributed by atoms with van der Waals surface area (Å²) in [6, 6.07) is 5.49. The van der Waals surface area contributed by atoms with E-state index in [1.807, 2.05) is 0 Å². The molecule has 0 aliphatic rings. The lowest BCUT2D eigenvalue weighted by molar-refractivity contribution is 0.0690. The second-order valence-corrected chi connectivity index (χ2v) is 2.83. The first-order valence-electron chi connectivity index (χ1n) is 4.08. The van der Waals surface area contributed by atoms with Crippen LogP contribution in [-0.4, -0.2) is 26.1 Å². The number of hydrogen-bond donors (Lipinski definition) is 1. The van der Waals surface area contributed by atoms with Crippen molar-refractivity contribution < 1.29 is 14.3 Å². The van der Waals surface area contributed by atoms with E-state index in [1.165, 1.54) is 35.1 Å². The number of hydrogen-bond acceptors (Lipinski definition) is 3. The van der Waals surface area contributed by atoms with E-state index in [9.17, 15) is 9.18 Å². The first-order valence-corrected chi connectivity index (χ1v) is 4.08. The van der Waals surface area contributed by atoms with Gasteiger partial charge in [-0.15, -0.1) is 5.10 Å². The Bertz CT molecular complexity index is 492. The fourth-order valence-electron chi connectivity index (χ4n) is 1.08. The SMILES string of the molecule is O=C(O)c1cn(-c2ccc(F)cc2)nn1. The highest BCUT2D eigenvalue weighted by Crippen LogP contribution is 2.07. The van der Waals surface area contributed by atoms with Crippen LogP contribution in [0.1, 0.15) is 10.5 Å². The smallest absolute Gasteiger partial charge is 0.358 e. The quantitative estimate of drug-likeness (QED) is 0.800. The Labute approximate surface area is 83.8 Å². The number of carboxylic acids is 1. The van der Waals surface area contributed by atoms with Crippen LogP contribution in [0.15, 0.2) is 30.5 Å². The fourth-order valence-corrected chi connectivity index (χ4v) is 1.08. The van der Waals surface area contributed by atoms with Crippen LogP contribution in [0.4, 0.5) is 4.39 Å². The lowest BCUT2D eigenvalue weighted by Gasteiger charge is -1.97. The standard InChI is InChI=1S/C9H6FN3O2/c10-6-1-3-7(4-2-6)13-5-8(9(14)15)11-12-13/h1-5H,(H,14,15). The van der Waals surface area contributed by atoms with Crippen LogP contribution in [-0.2, 0) is 0 Å². The summed E-state index contributed by atoms with van der Waals surface area (Å²) in [6.07, 6.45) is 1.26. The molecular formula is C9H6FN3O2. The van der Waals surface area contributed by atoms with Gasteiger partial charge in [0.1, 0.15) is 5.82 Å². The Morgan fingerprint density at radius 2 is 2.00 bits per heavy atom. The predicted octanol–water partition coefficient (Wildman–Crippen LogP) is 1.10. The van der Waals surface area contributed by atoms with Gasteiger partial charge < -0.3 is 5.11 Å². The van der Waals surface area contributed by atoms with Gasteiger partial charge in [0.2, 0.25) is 0 Å². The summed E-state index contributed by atoms with van der Waals surface area (Å²) < 4.78 is 13.9.